The fourth-order valence-electron chi connectivity index (χ4n) is 1.89. The lowest BCUT2D eigenvalue weighted by molar-refractivity contribution is -0.117. The highest BCUT2D eigenvalue weighted by molar-refractivity contribution is 9.10. The van der Waals surface area contributed by atoms with Gasteiger partial charge in [-0.05, 0) is 53.7 Å². The van der Waals surface area contributed by atoms with Gasteiger partial charge in [-0.25, -0.2) is 0 Å². The number of tetrazole rings is 1. The molecule has 0 aliphatic carbocycles. The highest BCUT2D eigenvalue weighted by atomic mass is 79.9. The first-order chi connectivity index (χ1) is 11.1. The standard InChI is InChI=1S/C15H11BrClN5O/c16-11-3-7-13(8-4-11)18-14(23)9-22-20-15(19-21-22)10-1-5-12(17)6-2-10/h1-8H,9H2,(H,18,23). The van der Waals surface area contributed by atoms with E-state index in [2.05, 4.69) is 36.7 Å². The van der Waals surface area contributed by atoms with E-state index in [4.69, 9.17) is 11.6 Å². The normalized spacial score (nSPS) is 10.5. The van der Waals surface area contributed by atoms with Gasteiger partial charge in [-0.1, -0.05) is 27.5 Å². The molecule has 3 rings (SSSR count). The van der Waals surface area contributed by atoms with Gasteiger partial charge in [-0.15, -0.1) is 10.2 Å². The Bertz CT molecular complexity index is 817. The molecule has 2 aromatic carbocycles. The highest BCUT2D eigenvalue weighted by Gasteiger charge is 2.09. The van der Waals surface area contributed by atoms with Crippen molar-refractivity contribution in [2.45, 2.75) is 6.54 Å². The number of carbonyl (C=O) groups excluding carboxylic acids is 1. The SMILES string of the molecule is O=C(Cn1nnc(-c2ccc(Cl)cc2)n1)Nc1ccc(Br)cc1. The van der Waals surface area contributed by atoms with E-state index in [0.717, 1.165) is 10.0 Å². The van der Waals surface area contributed by atoms with Gasteiger partial charge in [0.05, 0.1) is 0 Å². The summed E-state index contributed by atoms with van der Waals surface area (Å²) in [5, 5.41) is 15.4. The lowest BCUT2D eigenvalue weighted by Crippen LogP contribution is -2.20. The van der Waals surface area contributed by atoms with E-state index < -0.39 is 0 Å². The Balaban J connectivity index is 1.65. The summed E-state index contributed by atoms with van der Waals surface area (Å²) in [6.45, 7) is -0.0172. The van der Waals surface area contributed by atoms with Gasteiger partial charge in [0.15, 0.2) is 0 Å². The molecule has 0 bridgehead atoms. The molecule has 1 amide bonds. The molecule has 0 saturated carbocycles. The van der Waals surface area contributed by atoms with Gasteiger partial charge in [0.2, 0.25) is 11.7 Å². The second kappa shape index (κ2) is 6.89. The van der Waals surface area contributed by atoms with E-state index in [1.807, 2.05) is 12.1 Å². The zero-order valence-corrected chi connectivity index (χ0v) is 14.1. The number of halogens is 2. The van der Waals surface area contributed by atoms with Crippen LogP contribution in [0.4, 0.5) is 5.69 Å². The molecule has 8 heteroatoms. The number of anilines is 1. The predicted molar refractivity (Wildman–Crippen MR) is 91.0 cm³/mol. The smallest absolute Gasteiger partial charge is 0.248 e. The second-order valence-corrected chi connectivity index (χ2v) is 6.06. The van der Waals surface area contributed by atoms with Crippen molar-refractivity contribution in [3.05, 3.63) is 58.0 Å². The highest BCUT2D eigenvalue weighted by Crippen LogP contribution is 2.17. The van der Waals surface area contributed by atoms with Crippen LogP contribution in [0.15, 0.2) is 53.0 Å². The minimum absolute atomic E-state index is 0.0172. The number of hydrogen-bond donors (Lipinski definition) is 1. The predicted octanol–water partition coefficient (Wildman–Crippen LogP) is 3.39. The average molecular weight is 393 g/mol. The number of benzene rings is 2. The topological polar surface area (TPSA) is 72.7 Å². The molecule has 23 heavy (non-hydrogen) atoms. The van der Waals surface area contributed by atoms with Gasteiger partial charge >= 0.3 is 0 Å². The largest absolute Gasteiger partial charge is 0.324 e. The van der Waals surface area contributed by atoms with Crippen LogP contribution in [0.1, 0.15) is 0 Å². The Morgan fingerprint density at radius 1 is 1.13 bits per heavy atom. The molecular formula is C15H11BrClN5O. The summed E-state index contributed by atoms with van der Waals surface area (Å²) < 4.78 is 0.945. The molecule has 0 radical (unpaired) electrons. The first-order valence-corrected chi connectivity index (χ1v) is 7.86. The van der Waals surface area contributed by atoms with Crippen molar-refractivity contribution in [3.8, 4) is 11.4 Å². The summed E-state index contributed by atoms with van der Waals surface area (Å²) in [5.74, 6) is 0.213. The van der Waals surface area contributed by atoms with Gasteiger partial charge < -0.3 is 5.32 Å². The van der Waals surface area contributed by atoms with Crippen molar-refractivity contribution < 1.29 is 4.79 Å². The zero-order chi connectivity index (χ0) is 16.2. The van der Waals surface area contributed by atoms with Gasteiger partial charge in [0.1, 0.15) is 6.54 Å². The molecule has 1 aromatic heterocycles. The summed E-state index contributed by atoms with van der Waals surface area (Å²) in [5.41, 5.74) is 1.49. The van der Waals surface area contributed by atoms with Crippen LogP contribution in [-0.2, 0) is 11.3 Å². The van der Waals surface area contributed by atoms with Crippen LogP contribution in [0.2, 0.25) is 5.02 Å². The van der Waals surface area contributed by atoms with E-state index in [1.54, 1.807) is 36.4 Å². The number of hydrogen-bond acceptors (Lipinski definition) is 4. The maximum absolute atomic E-state index is 12.0. The van der Waals surface area contributed by atoms with Crippen molar-refractivity contribution in [1.29, 1.82) is 0 Å². The van der Waals surface area contributed by atoms with Crippen LogP contribution < -0.4 is 5.32 Å². The first kappa shape index (κ1) is 15.6. The quantitative estimate of drug-likeness (QED) is 0.738. The van der Waals surface area contributed by atoms with Gasteiger partial charge in [0, 0.05) is 20.7 Å². The summed E-state index contributed by atoms with van der Waals surface area (Å²) >= 11 is 9.18. The Kier molecular flexibility index (Phi) is 4.68. The summed E-state index contributed by atoms with van der Waals surface area (Å²) in [6, 6.07) is 14.4. The number of aromatic nitrogens is 4. The third kappa shape index (κ3) is 4.14. The van der Waals surface area contributed by atoms with Crippen LogP contribution in [0.25, 0.3) is 11.4 Å². The van der Waals surface area contributed by atoms with E-state index in [9.17, 15) is 4.79 Å². The minimum atomic E-state index is -0.229. The summed E-state index contributed by atoms with van der Waals surface area (Å²) in [7, 11) is 0. The molecule has 0 atom stereocenters. The molecule has 3 aromatic rings. The molecule has 0 aliphatic heterocycles. The molecule has 0 aliphatic rings. The maximum atomic E-state index is 12.0. The molecule has 0 saturated heterocycles. The Hall–Kier alpha value is -2.25. The third-order valence-corrected chi connectivity index (χ3v) is 3.75. The number of carbonyl (C=O) groups is 1. The molecule has 0 unspecified atom stereocenters. The summed E-state index contributed by atoms with van der Waals surface area (Å²) in [4.78, 5) is 13.2. The second-order valence-electron chi connectivity index (χ2n) is 4.71. The van der Waals surface area contributed by atoms with Crippen LogP contribution in [-0.4, -0.2) is 26.1 Å². The van der Waals surface area contributed by atoms with Crippen molar-refractivity contribution >= 4 is 39.1 Å². The van der Waals surface area contributed by atoms with Crippen molar-refractivity contribution in [1.82, 2.24) is 20.2 Å². The van der Waals surface area contributed by atoms with Crippen molar-refractivity contribution in [2.24, 2.45) is 0 Å². The molecule has 6 nitrogen and oxygen atoms in total. The first-order valence-electron chi connectivity index (χ1n) is 6.69. The minimum Gasteiger partial charge on any atom is -0.324 e. The molecule has 0 spiro atoms. The molecule has 0 fully saturated rings. The van der Waals surface area contributed by atoms with Crippen molar-refractivity contribution in [3.63, 3.8) is 0 Å². The fourth-order valence-corrected chi connectivity index (χ4v) is 2.28. The van der Waals surface area contributed by atoms with Crippen LogP contribution >= 0.6 is 27.5 Å². The van der Waals surface area contributed by atoms with Crippen LogP contribution in [0.5, 0.6) is 0 Å². The van der Waals surface area contributed by atoms with E-state index >= 15 is 0 Å². The van der Waals surface area contributed by atoms with Gasteiger partial charge in [-0.2, -0.15) is 4.80 Å². The Morgan fingerprint density at radius 2 is 1.83 bits per heavy atom. The monoisotopic (exact) mass is 391 g/mol. The van der Waals surface area contributed by atoms with Crippen LogP contribution in [0, 0.1) is 0 Å². The number of nitrogens with zero attached hydrogens (tertiary/aromatic N) is 4. The average Bonchev–Trinajstić information content (AvgIpc) is 2.98. The number of nitrogens with one attached hydrogen (secondary N) is 1. The van der Waals surface area contributed by atoms with E-state index in [1.165, 1.54) is 4.80 Å². The number of amides is 1. The molecule has 116 valence electrons. The zero-order valence-electron chi connectivity index (χ0n) is 11.8. The lowest BCUT2D eigenvalue weighted by atomic mass is 10.2. The Labute approximate surface area is 145 Å². The van der Waals surface area contributed by atoms with E-state index in [-0.39, 0.29) is 12.5 Å². The summed E-state index contributed by atoms with van der Waals surface area (Å²) in [6.07, 6.45) is 0. The van der Waals surface area contributed by atoms with Gasteiger partial charge in [-0.3, -0.25) is 4.79 Å². The molecule has 1 N–H and O–H groups in total. The lowest BCUT2D eigenvalue weighted by Gasteiger charge is -2.04. The fraction of sp³-hybridized carbons (Fsp3) is 0.0667. The van der Waals surface area contributed by atoms with Gasteiger partial charge in [0.25, 0.3) is 0 Å². The number of rotatable bonds is 4. The van der Waals surface area contributed by atoms with Crippen LogP contribution in [0.3, 0.4) is 0 Å². The molecular weight excluding hydrogens is 382 g/mol. The third-order valence-electron chi connectivity index (χ3n) is 2.97. The van der Waals surface area contributed by atoms with E-state index in [0.29, 0.717) is 16.5 Å². The molecule has 1 heterocycles. The maximum Gasteiger partial charge on any atom is 0.248 e. The Morgan fingerprint density at radius 3 is 2.52 bits per heavy atom. The van der Waals surface area contributed by atoms with Crippen molar-refractivity contribution in [2.75, 3.05) is 5.32 Å².